The number of pyridine rings is 1. The second-order valence-electron chi connectivity index (χ2n) is 7.00. The average Bonchev–Trinajstić information content (AvgIpc) is 3.08. The molecule has 0 aliphatic heterocycles. The molecular weight excluding hydrogens is 324 g/mol. The summed E-state index contributed by atoms with van der Waals surface area (Å²) >= 11 is 0. The largest absolute Gasteiger partial charge is 0.298 e. The first-order valence-corrected chi connectivity index (χ1v) is 9.39. The minimum atomic E-state index is -0.0150. The van der Waals surface area contributed by atoms with Crippen molar-refractivity contribution >= 4 is 11.2 Å². The maximum atomic E-state index is 12.4. The van der Waals surface area contributed by atoms with Gasteiger partial charge in [0.2, 0.25) is 0 Å². The Morgan fingerprint density at radius 3 is 2.73 bits per heavy atom. The van der Waals surface area contributed by atoms with E-state index < -0.39 is 0 Å². The van der Waals surface area contributed by atoms with Gasteiger partial charge in [0.25, 0.3) is 5.56 Å². The molecule has 5 heteroatoms. The SMILES string of the molecule is C/C=C(\C)c1nc2ccccn2c1-c1ccc(=O)n(C2CCCCC2)n1. The minimum absolute atomic E-state index is 0.0150. The quantitative estimate of drug-likeness (QED) is 0.701. The summed E-state index contributed by atoms with van der Waals surface area (Å²) in [5.74, 6) is 0. The number of hydrogen-bond donors (Lipinski definition) is 0. The van der Waals surface area contributed by atoms with Gasteiger partial charge in [0.15, 0.2) is 0 Å². The molecule has 0 atom stereocenters. The van der Waals surface area contributed by atoms with Crippen LogP contribution >= 0.6 is 0 Å². The Hall–Kier alpha value is -2.69. The van der Waals surface area contributed by atoms with Gasteiger partial charge in [0, 0.05) is 12.3 Å². The summed E-state index contributed by atoms with van der Waals surface area (Å²) in [6.07, 6.45) is 9.71. The Labute approximate surface area is 153 Å². The highest BCUT2D eigenvalue weighted by molar-refractivity contribution is 5.77. The van der Waals surface area contributed by atoms with Crippen LogP contribution in [0.25, 0.3) is 22.6 Å². The van der Waals surface area contributed by atoms with Gasteiger partial charge in [-0.25, -0.2) is 9.67 Å². The van der Waals surface area contributed by atoms with Crippen LogP contribution in [-0.2, 0) is 0 Å². The summed E-state index contributed by atoms with van der Waals surface area (Å²) < 4.78 is 3.76. The van der Waals surface area contributed by atoms with Crippen LogP contribution in [0.15, 0.2) is 47.4 Å². The van der Waals surface area contributed by atoms with Crippen LogP contribution in [0.3, 0.4) is 0 Å². The van der Waals surface area contributed by atoms with Crippen LogP contribution < -0.4 is 5.56 Å². The van der Waals surface area contributed by atoms with Crippen LogP contribution in [0.4, 0.5) is 0 Å². The van der Waals surface area contributed by atoms with Crippen molar-refractivity contribution in [2.75, 3.05) is 0 Å². The third-order valence-electron chi connectivity index (χ3n) is 5.32. The van der Waals surface area contributed by atoms with Gasteiger partial charge in [0.1, 0.15) is 17.0 Å². The summed E-state index contributed by atoms with van der Waals surface area (Å²) in [6.45, 7) is 4.07. The lowest BCUT2D eigenvalue weighted by molar-refractivity contribution is 0.319. The summed E-state index contributed by atoms with van der Waals surface area (Å²) in [5, 5.41) is 4.78. The summed E-state index contributed by atoms with van der Waals surface area (Å²) in [7, 11) is 0. The van der Waals surface area contributed by atoms with Crippen LogP contribution in [-0.4, -0.2) is 19.2 Å². The van der Waals surface area contributed by atoms with Crippen molar-refractivity contribution in [3.8, 4) is 11.4 Å². The Morgan fingerprint density at radius 1 is 1.15 bits per heavy atom. The van der Waals surface area contributed by atoms with Crippen LogP contribution in [0.2, 0.25) is 0 Å². The number of aromatic nitrogens is 4. The second-order valence-corrected chi connectivity index (χ2v) is 7.00. The first-order valence-electron chi connectivity index (χ1n) is 9.39. The molecule has 26 heavy (non-hydrogen) atoms. The highest BCUT2D eigenvalue weighted by Gasteiger charge is 2.21. The second kappa shape index (κ2) is 6.90. The van der Waals surface area contributed by atoms with Gasteiger partial charge in [0.05, 0.1) is 11.7 Å². The maximum Gasteiger partial charge on any atom is 0.267 e. The fourth-order valence-electron chi connectivity index (χ4n) is 3.79. The highest BCUT2D eigenvalue weighted by Crippen LogP contribution is 2.30. The van der Waals surface area contributed by atoms with E-state index >= 15 is 0 Å². The molecule has 1 aliphatic rings. The van der Waals surface area contributed by atoms with E-state index in [4.69, 9.17) is 10.1 Å². The molecule has 0 radical (unpaired) electrons. The van der Waals surface area contributed by atoms with Gasteiger partial charge in [-0.15, -0.1) is 0 Å². The zero-order valence-corrected chi connectivity index (χ0v) is 15.4. The van der Waals surface area contributed by atoms with Gasteiger partial charge >= 0.3 is 0 Å². The zero-order chi connectivity index (χ0) is 18.1. The molecule has 0 spiro atoms. The fourth-order valence-corrected chi connectivity index (χ4v) is 3.79. The molecule has 3 aromatic heterocycles. The predicted octanol–water partition coefficient (Wildman–Crippen LogP) is 4.49. The summed E-state index contributed by atoms with van der Waals surface area (Å²) in [5.41, 5.74) is 4.63. The van der Waals surface area contributed by atoms with Gasteiger partial charge in [-0.3, -0.25) is 9.20 Å². The van der Waals surface area contributed by atoms with E-state index in [0.29, 0.717) is 0 Å². The Kier molecular flexibility index (Phi) is 4.45. The number of rotatable bonds is 3. The maximum absolute atomic E-state index is 12.4. The Balaban J connectivity index is 1.91. The Bertz CT molecular complexity index is 1020. The van der Waals surface area contributed by atoms with Gasteiger partial charge in [-0.05, 0) is 50.5 Å². The zero-order valence-electron chi connectivity index (χ0n) is 15.4. The molecular formula is C21H24N4O. The normalized spacial score (nSPS) is 16.3. The number of nitrogens with zero attached hydrogens (tertiary/aromatic N) is 4. The van der Waals surface area contributed by atoms with E-state index in [1.807, 2.05) is 37.4 Å². The predicted molar refractivity (Wildman–Crippen MR) is 104 cm³/mol. The molecule has 5 nitrogen and oxygen atoms in total. The molecule has 1 saturated carbocycles. The van der Waals surface area contributed by atoms with Crippen molar-refractivity contribution in [3.63, 3.8) is 0 Å². The lowest BCUT2D eigenvalue weighted by atomic mass is 9.96. The lowest BCUT2D eigenvalue weighted by Gasteiger charge is -2.23. The smallest absolute Gasteiger partial charge is 0.267 e. The Morgan fingerprint density at radius 2 is 1.96 bits per heavy atom. The van der Waals surface area contributed by atoms with E-state index in [2.05, 4.69) is 17.4 Å². The topological polar surface area (TPSA) is 52.2 Å². The number of imidazole rings is 1. The first kappa shape index (κ1) is 16.8. The van der Waals surface area contributed by atoms with E-state index in [9.17, 15) is 4.79 Å². The summed E-state index contributed by atoms with van der Waals surface area (Å²) in [6, 6.07) is 9.65. The highest BCUT2D eigenvalue weighted by atomic mass is 16.1. The minimum Gasteiger partial charge on any atom is -0.298 e. The molecule has 0 unspecified atom stereocenters. The molecule has 3 aromatic rings. The van der Waals surface area contributed by atoms with Crippen LogP contribution in [0.1, 0.15) is 57.7 Å². The molecule has 3 heterocycles. The van der Waals surface area contributed by atoms with Gasteiger partial charge < -0.3 is 0 Å². The molecule has 0 aromatic carbocycles. The average molecular weight is 348 g/mol. The third-order valence-corrected chi connectivity index (χ3v) is 5.32. The van der Waals surface area contributed by atoms with Crippen molar-refractivity contribution in [2.45, 2.75) is 52.0 Å². The molecule has 1 aliphatic carbocycles. The van der Waals surface area contributed by atoms with Crippen molar-refractivity contribution in [1.29, 1.82) is 0 Å². The monoisotopic (exact) mass is 348 g/mol. The van der Waals surface area contributed by atoms with Crippen molar-refractivity contribution in [3.05, 3.63) is 58.7 Å². The van der Waals surface area contributed by atoms with Gasteiger partial charge in [-0.1, -0.05) is 31.4 Å². The molecule has 0 amide bonds. The standard InChI is InChI=1S/C21H24N4O/c1-3-15(2)20-21(24-14-8-7-11-18(24)22-20)17-12-13-19(26)25(23-17)16-9-5-4-6-10-16/h3,7-8,11-14,16H,4-6,9-10H2,1-2H3/b15-3+. The number of fused-ring (bicyclic) bond motifs is 1. The molecule has 0 saturated heterocycles. The van der Waals surface area contributed by atoms with Crippen molar-refractivity contribution < 1.29 is 0 Å². The molecule has 4 rings (SSSR count). The van der Waals surface area contributed by atoms with Gasteiger partial charge in [-0.2, -0.15) is 5.10 Å². The van der Waals surface area contributed by atoms with Crippen molar-refractivity contribution in [1.82, 2.24) is 19.2 Å². The number of hydrogen-bond acceptors (Lipinski definition) is 3. The first-order chi connectivity index (χ1) is 12.7. The fraction of sp³-hybridized carbons (Fsp3) is 0.381. The summed E-state index contributed by atoms with van der Waals surface area (Å²) in [4.78, 5) is 17.2. The van der Waals surface area contributed by atoms with Crippen molar-refractivity contribution in [2.24, 2.45) is 0 Å². The third kappa shape index (κ3) is 2.87. The van der Waals surface area contributed by atoms with E-state index in [0.717, 1.165) is 41.1 Å². The van der Waals surface area contributed by atoms with Crippen LogP contribution in [0.5, 0.6) is 0 Å². The number of allylic oxidation sites excluding steroid dienone is 2. The molecule has 134 valence electrons. The molecule has 1 fully saturated rings. The van der Waals surface area contributed by atoms with E-state index in [-0.39, 0.29) is 11.6 Å². The lowest BCUT2D eigenvalue weighted by Crippen LogP contribution is -2.28. The molecule has 0 bridgehead atoms. The molecule has 0 N–H and O–H groups in total. The van der Waals surface area contributed by atoms with E-state index in [1.54, 1.807) is 10.7 Å². The van der Waals surface area contributed by atoms with E-state index in [1.165, 1.54) is 19.3 Å². The van der Waals surface area contributed by atoms with Crippen LogP contribution in [0, 0.1) is 0 Å².